The number of carbonyl (C=O) groups is 1. The number of benzene rings is 2. The van der Waals surface area contributed by atoms with Gasteiger partial charge in [-0.3, -0.25) is 9.78 Å². The number of amides is 1. The van der Waals surface area contributed by atoms with Crippen molar-refractivity contribution in [2.75, 3.05) is 26.1 Å². The molecule has 12 nitrogen and oxygen atoms in total. The highest BCUT2D eigenvalue weighted by Crippen LogP contribution is 2.29. The van der Waals surface area contributed by atoms with Gasteiger partial charge < -0.3 is 14.8 Å². The predicted octanol–water partition coefficient (Wildman–Crippen LogP) is 1.50. The number of hydrogen-bond donors (Lipinski definition) is 4. The van der Waals surface area contributed by atoms with Gasteiger partial charge in [0.15, 0.2) is 11.5 Å². The van der Waals surface area contributed by atoms with Gasteiger partial charge >= 0.3 is 0 Å². The Morgan fingerprint density at radius 3 is 2.43 bits per heavy atom. The van der Waals surface area contributed by atoms with E-state index in [0.717, 1.165) is 5.39 Å². The number of anilines is 1. The van der Waals surface area contributed by atoms with Crippen LogP contribution in [0.15, 0.2) is 59.6 Å². The quantitative estimate of drug-likeness (QED) is 0.231. The summed E-state index contributed by atoms with van der Waals surface area (Å²) in [6.45, 7) is 0.0445. The first-order valence-electron chi connectivity index (χ1n) is 11.2. The average Bonchev–Trinajstić information content (AvgIpc) is 2.86. The first-order valence-corrected chi connectivity index (χ1v) is 14.2. The van der Waals surface area contributed by atoms with Crippen LogP contribution in [0.4, 0.5) is 5.69 Å². The standard InChI is InChI=1S/C23H29N5O7S2/c1-34-20-12-11-17(15-21(20)35-2)36(30,31)28-19(9-3-4-14-26-37(24,32)33)23(29)27-18-10-5-7-16-8-6-13-25-22(16)18/h5-8,10-13,15,19,26,28H,3-4,9,14H2,1-2H3,(H,27,29)(H2,24,32,33). The molecule has 14 heteroatoms. The highest BCUT2D eigenvalue weighted by atomic mass is 32.2. The fourth-order valence-electron chi connectivity index (χ4n) is 3.60. The third kappa shape index (κ3) is 7.84. The van der Waals surface area contributed by atoms with Crippen LogP contribution in [0.25, 0.3) is 10.9 Å². The lowest BCUT2D eigenvalue weighted by Crippen LogP contribution is -2.43. The summed E-state index contributed by atoms with van der Waals surface area (Å²) >= 11 is 0. The Balaban J connectivity index is 1.83. The first-order chi connectivity index (χ1) is 17.5. The van der Waals surface area contributed by atoms with Crippen molar-refractivity contribution < 1.29 is 31.1 Å². The van der Waals surface area contributed by atoms with Crippen LogP contribution in [-0.2, 0) is 25.0 Å². The molecule has 37 heavy (non-hydrogen) atoms. The molecule has 0 aliphatic heterocycles. The summed E-state index contributed by atoms with van der Waals surface area (Å²) in [5, 5.41) is 8.49. The topological polar surface area (TPSA) is 179 Å². The molecule has 2 aromatic carbocycles. The summed E-state index contributed by atoms with van der Waals surface area (Å²) in [7, 11) is -5.20. The number of methoxy groups -OCH3 is 2. The molecule has 0 aliphatic carbocycles. The molecule has 3 aromatic rings. The van der Waals surface area contributed by atoms with Gasteiger partial charge in [-0.15, -0.1) is 0 Å². The second kappa shape index (κ2) is 12.3. The number of nitrogens with two attached hydrogens (primary N) is 1. The van der Waals surface area contributed by atoms with Gasteiger partial charge in [-0.25, -0.2) is 18.3 Å². The number of ether oxygens (including phenoxy) is 2. The van der Waals surface area contributed by atoms with Crippen LogP contribution >= 0.6 is 0 Å². The van der Waals surface area contributed by atoms with E-state index >= 15 is 0 Å². The number of para-hydroxylation sites is 1. The third-order valence-corrected chi connectivity index (χ3v) is 7.47. The lowest BCUT2D eigenvalue weighted by Gasteiger charge is -2.19. The van der Waals surface area contributed by atoms with Crippen molar-refractivity contribution in [2.24, 2.45) is 5.14 Å². The van der Waals surface area contributed by atoms with Crippen molar-refractivity contribution in [3.8, 4) is 11.5 Å². The summed E-state index contributed by atoms with van der Waals surface area (Å²) in [5.41, 5.74) is 0.978. The molecule has 0 aliphatic rings. The molecule has 1 atom stereocenters. The Kier molecular flexibility index (Phi) is 9.39. The largest absolute Gasteiger partial charge is 0.493 e. The minimum atomic E-state index is -4.16. The highest BCUT2D eigenvalue weighted by Gasteiger charge is 2.27. The Morgan fingerprint density at radius 2 is 1.73 bits per heavy atom. The van der Waals surface area contributed by atoms with Gasteiger partial charge in [0.25, 0.3) is 10.2 Å². The molecule has 0 saturated carbocycles. The second-order valence-electron chi connectivity index (χ2n) is 8.00. The van der Waals surface area contributed by atoms with Crippen LogP contribution in [-0.4, -0.2) is 54.5 Å². The van der Waals surface area contributed by atoms with E-state index in [0.29, 0.717) is 29.8 Å². The lowest BCUT2D eigenvalue weighted by molar-refractivity contribution is -0.117. The van der Waals surface area contributed by atoms with Crippen LogP contribution in [0.2, 0.25) is 0 Å². The number of nitrogens with one attached hydrogen (secondary N) is 3. The molecule has 0 fully saturated rings. The zero-order valence-corrected chi connectivity index (χ0v) is 21.9. The smallest absolute Gasteiger partial charge is 0.274 e. The Bertz CT molecular complexity index is 1460. The van der Waals surface area contributed by atoms with E-state index in [-0.39, 0.29) is 23.6 Å². The Morgan fingerprint density at radius 1 is 1.00 bits per heavy atom. The molecule has 1 aromatic heterocycles. The van der Waals surface area contributed by atoms with Gasteiger partial charge in [0.1, 0.15) is 6.04 Å². The summed E-state index contributed by atoms with van der Waals surface area (Å²) in [6.07, 6.45) is 2.33. The molecule has 1 amide bonds. The number of unbranched alkanes of at least 4 members (excludes halogenated alkanes) is 1. The SMILES string of the molecule is COc1ccc(S(=O)(=O)NC(CCCCNS(N)(=O)=O)C(=O)Nc2cccc3cccnc23)cc1OC. The molecule has 5 N–H and O–H groups in total. The van der Waals surface area contributed by atoms with Crippen molar-refractivity contribution in [1.29, 1.82) is 0 Å². The van der Waals surface area contributed by atoms with E-state index < -0.39 is 32.2 Å². The van der Waals surface area contributed by atoms with Gasteiger partial charge in [0.2, 0.25) is 15.9 Å². The minimum absolute atomic E-state index is 0.0445. The van der Waals surface area contributed by atoms with Gasteiger partial charge in [0, 0.05) is 24.2 Å². The number of aromatic nitrogens is 1. The minimum Gasteiger partial charge on any atom is -0.493 e. The number of sulfonamides is 1. The summed E-state index contributed by atoms with van der Waals surface area (Å²) in [6, 6.07) is 11.8. The van der Waals surface area contributed by atoms with Crippen LogP contribution in [0.3, 0.4) is 0 Å². The Hall–Kier alpha value is -3.30. The fraction of sp³-hybridized carbons (Fsp3) is 0.304. The number of rotatable bonds is 13. The fourth-order valence-corrected chi connectivity index (χ4v) is 5.27. The number of nitrogens with zero attached hydrogens (tertiary/aromatic N) is 1. The Labute approximate surface area is 215 Å². The van der Waals surface area contributed by atoms with Crippen molar-refractivity contribution in [3.05, 3.63) is 54.7 Å². The van der Waals surface area contributed by atoms with Crippen molar-refractivity contribution in [3.63, 3.8) is 0 Å². The van der Waals surface area contributed by atoms with Crippen LogP contribution in [0.1, 0.15) is 19.3 Å². The maximum absolute atomic E-state index is 13.3. The molecule has 3 rings (SSSR count). The monoisotopic (exact) mass is 551 g/mol. The predicted molar refractivity (Wildman–Crippen MR) is 139 cm³/mol. The average molecular weight is 552 g/mol. The molecular weight excluding hydrogens is 522 g/mol. The van der Waals surface area contributed by atoms with E-state index in [4.69, 9.17) is 14.6 Å². The molecule has 1 unspecified atom stereocenters. The molecule has 0 spiro atoms. The lowest BCUT2D eigenvalue weighted by atomic mass is 10.1. The van der Waals surface area contributed by atoms with E-state index in [1.54, 1.807) is 24.4 Å². The number of pyridine rings is 1. The van der Waals surface area contributed by atoms with Crippen LogP contribution in [0.5, 0.6) is 11.5 Å². The van der Waals surface area contributed by atoms with E-state index in [9.17, 15) is 21.6 Å². The molecule has 200 valence electrons. The summed E-state index contributed by atoms with van der Waals surface area (Å²) in [4.78, 5) is 17.5. The molecular formula is C23H29N5O7S2. The van der Waals surface area contributed by atoms with Crippen LogP contribution < -0.4 is 29.4 Å². The summed E-state index contributed by atoms with van der Waals surface area (Å²) < 4.78 is 63.5. The molecule has 0 radical (unpaired) electrons. The number of fused-ring (bicyclic) bond motifs is 1. The maximum atomic E-state index is 13.3. The number of carbonyl (C=O) groups excluding carboxylic acids is 1. The van der Waals surface area contributed by atoms with Crippen LogP contribution in [0, 0.1) is 0 Å². The first kappa shape index (κ1) is 28.3. The van der Waals surface area contributed by atoms with Gasteiger partial charge in [-0.2, -0.15) is 13.1 Å². The molecule has 0 saturated heterocycles. The molecule has 0 bridgehead atoms. The van der Waals surface area contributed by atoms with E-state index in [1.165, 1.54) is 32.4 Å². The normalized spacial score (nSPS) is 12.7. The van der Waals surface area contributed by atoms with E-state index in [2.05, 4.69) is 19.7 Å². The zero-order valence-electron chi connectivity index (χ0n) is 20.3. The molecule has 1 heterocycles. The zero-order chi connectivity index (χ0) is 27.1. The van der Waals surface area contributed by atoms with E-state index in [1.807, 2.05) is 12.1 Å². The van der Waals surface area contributed by atoms with Crippen molar-refractivity contribution in [2.45, 2.75) is 30.2 Å². The highest BCUT2D eigenvalue weighted by molar-refractivity contribution is 7.89. The maximum Gasteiger partial charge on any atom is 0.274 e. The van der Waals surface area contributed by atoms with Gasteiger partial charge in [-0.1, -0.05) is 24.6 Å². The van der Waals surface area contributed by atoms with Crippen molar-refractivity contribution >= 4 is 42.7 Å². The van der Waals surface area contributed by atoms with Gasteiger partial charge in [-0.05, 0) is 37.1 Å². The second-order valence-corrected chi connectivity index (χ2v) is 11.1. The van der Waals surface area contributed by atoms with Crippen molar-refractivity contribution in [1.82, 2.24) is 14.4 Å². The third-order valence-electron chi connectivity index (χ3n) is 5.39. The summed E-state index contributed by atoms with van der Waals surface area (Å²) in [5.74, 6) is -0.0366. The number of hydrogen-bond acceptors (Lipinski definition) is 8. The van der Waals surface area contributed by atoms with Gasteiger partial charge in [0.05, 0.1) is 30.3 Å².